The van der Waals surface area contributed by atoms with Crippen LogP contribution in [0.25, 0.3) is 0 Å². The third-order valence-corrected chi connectivity index (χ3v) is 2.04. The summed E-state index contributed by atoms with van der Waals surface area (Å²) in [6.45, 7) is 4.29. The molecule has 0 radical (unpaired) electrons. The quantitative estimate of drug-likeness (QED) is 0.647. The van der Waals surface area contributed by atoms with Crippen molar-refractivity contribution in [2.45, 2.75) is 18.9 Å². The van der Waals surface area contributed by atoms with Crippen LogP contribution in [0.15, 0.2) is 0 Å². The lowest BCUT2D eigenvalue weighted by atomic mass is 10.5. The van der Waals surface area contributed by atoms with Crippen LogP contribution in [-0.4, -0.2) is 37.6 Å². The Morgan fingerprint density at radius 3 is 2.50 bits per heavy atom. The summed E-state index contributed by atoms with van der Waals surface area (Å²) in [6, 6.07) is 0. The monoisotopic (exact) mass is 231 g/mol. The molecule has 0 spiro atoms. The lowest BCUT2D eigenvalue weighted by Gasteiger charge is -2.06. The normalized spacial score (nSPS) is 12.0. The molecule has 0 fully saturated rings. The van der Waals surface area contributed by atoms with Gasteiger partial charge in [-0.25, -0.2) is 0 Å². The van der Waals surface area contributed by atoms with Crippen LogP contribution in [0.3, 0.4) is 0 Å². The smallest absolute Gasteiger partial charge is 0.379 e. The van der Waals surface area contributed by atoms with E-state index in [9.17, 15) is 13.2 Å². The number of rotatable bonds is 8. The number of hydrogen-bond donors (Lipinski definition) is 1. The Labute approximate surface area is 86.6 Å². The molecule has 0 aromatic heterocycles. The topological polar surface area (TPSA) is 21.3 Å². The second-order valence-electron chi connectivity index (χ2n) is 2.66. The summed E-state index contributed by atoms with van der Waals surface area (Å²) in [5.74, 6) is -0.0305. The Hall–Kier alpha value is 0.0600. The van der Waals surface area contributed by atoms with E-state index in [0.717, 1.165) is 13.0 Å². The molecule has 6 heteroatoms. The second-order valence-corrected chi connectivity index (χ2v) is 3.82. The van der Waals surface area contributed by atoms with Crippen LogP contribution in [-0.2, 0) is 4.74 Å². The second kappa shape index (κ2) is 8.38. The lowest BCUT2D eigenvalue weighted by molar-refractivity contribution is -0.0331. The molecule has 0 aromatic carbocycles. The van der Waals surface area contributed by atoms with Gasteiger partial charge in [0.15, 0.2) is 0 Å². The zero-order chi connectivity index (χ0) is 10.9. The van der Waals surface area contributed by atoms with E-state index in [2.05, 4.69) is 5.32 Å². The Morgan fingerprint density at radius 1 is 1.21 bits per heavy atom. The molecule has 0 heterocycles. The molecule has 0 amide bonds. The van der Waals surface area contributed by atoms with Crippen LogP contribution in [0.4, 0.5) is 13.2 Å². The first-order chi connectivity index (χ1) is 6.56. The number of halogens is 3. The first-order valence-corrected chi connectivity index (χ1v) is 5.54. The first-order valence-electron chi connectivity index (χ1n) is 4.55. The van der Waals surface area contributed by atoms with Crippen molar-refractivity contribution in [2.24, 2.45) is 0 Å². The molecule has 0 atom stereocenters. The minimum atomic E-state index is -4.14. The van der Waals surface area contributed by atoms with E-state index in [1.54, 1.807) is 0 Å². The van der Waals surface area contributed by atoms with E-state index >= 15 is 0 Å². The molecule has 14 heavy (non-hydrogen) atoms. The number of ether oxygens (including phenoxy) is 1. The number of thioether (sulfide) groups is 1. The van der Waals surface area contributed by atoms with Crippen molar-refractivity contribution in [3.05, 3.63) is 0 Å². The van der Waals surface area contributed by atoms with Crippen molar-refractivity contribution in [3.63, 3.8) is 0 Å². The van der Waals surface area contributed by atoms with Crippen LogP contribution < -0.4 is 5.32 Å². The van der Waals surface area contributed by atoms with Gasteiger partial charge in [0.05, 0.1) is 13.2 Å². The molecule has 0 aromatic rings. The highest BCUT2D eigenvalue weighted by Gasteiger charge is 2.27. The molecule has 0 unspecified atom stereocenters. The van der Waals surface area contributed by atoms with Gasteiger partial charge >= 0.3 is 5.51 Å². The van der Waals surface area contributed by atoms with E-state index < -0.39 is 5.51 Å². The average molecular weight is 231 g/mol. The third kappa shape index (κ3) is 12.1. The molecular weight excluding hydrogens is 215 g/mol. The van der Waals surface area contributed by atoms with Crippen LogP contribution in [0.5, 0.6) is 0 Å². The Morgan fingerprint density at radius 2 is 1.93 bits per heavy atom. The van der Waals surface area contributed by atoms with Crippen LogP contribution >= 0.6 is 11.8 Å². The Balaban J connectivity index is 2.99. The minimum absolute atomic E-state index is 0.0305. The molecule has 0 saturated heterocycles. The third-order valence-electron chi connectivity index (χ3n) is 1.34. The summed E-state index contributed by atoms with van der Waals surface area (Å²) in [4.78, 5) is 0. The highest BCUT2D eigenvalue weighted by atomic mass is 32.2. The molecule has 0 rings (SSSR count). The van der Waals surface area contributed by atoms with E-state index in [4.69, 9.17) is 4.74 Å². The number of hydrogen-bond acceptors (Lipinski definition) is 3. The lowest BCUT2D eigenvalue weighted by Crippen LogP contribution is -2.21. The van der Waals surface area contributed by atoms with Crippen molar-refractivity contribution >= 4 is 11.8 Å². The van der Waals surface area contributed by atoms with Gasteiger partial charge < -0.3 is 10.1 Å². The highest BCUT2D eigenvalue weighted by molar-refractivity contribution is 8.00. The van der Waals surface area contributed by atoms with E-state index in [0.29, 0.717) is 13.2 Å². The maximum atomic E-state index is 11.6. The predicted molar refractivity (Wildman–Crippen MR) is 52.5 cm³/mol. The zero-order valence-corrected chi connectivity index (χ0v) is 9.01. The summed E-state index contributed by atoms with van der Waals surface area (Å²) in [7, 11) is 0. The maximum Gasteiger partial charge on any atom is 0.441 e. The Bertz CT molecular complexity index is 132. The number of nitrogens with one attached hydrogen (secondary N) is 1. The van der Waals surface area contributed by atoms with Gasteiger partial charge in [0.25, 0.3) is 0 Å². The van der Waals surface area contributed by atoms with Gasteiger partial charge in [-0.05, 0) is 24.7 Å². The summed E-state index contributed by atoms with van der Waals surface area (Å²) in [5.41, 5.74) is -4.14. The van der Waals surface area contributed by atoms with Crippen molar-refractivity contribution < 1.29 is 17.9 Å². The van der Waals surface area contributed by atoms with E-state index in [1.807, 2.05) is 6.92 Å². The van der Waals surface area contributed by atoms with Gasteiger partial charge in [0.2, 0.25) is 0 Å². The van der Waals surface area contributed by atoms with Gasteiger partial charge in [0, 0.05) is 12.3 Å². The number of alkyl halides is 3. The van der Waals surface area contributed by atoms with E-state index in [1.165, 1.54) is 0 Å². The molecule has 0 saturated carbocycles. The Kier molecular flexibility index (Phi) is 8.41. The molecule has 0 aliphatic rings. The van der Waals surface area contributed by atoms with Crippen molar-refractivity contribution in [2.75, 3.05) is 32.1 Å². The molecule has 86 valence electrons. The van der Waals surface area contributed by atoms with Gasteiger partial charge in [0.1, 0.15) is 0 Å². The maximum absolute atomic E-state index is 11.6. The van der Waals surface area contributed by atoms with Gasteiger partial charge in [-0.1, -0.05) is 6.92 Å². The average Bonchev–Trinajstić information content (AvgIpc) is 2.08. The van der Waals surface area contributed by atoms with E-state index in [-0.39, 0.29) is 24.1 Å². The van der Waals surface area contributed by atoms with Crippen molar-refractivity contribution in [1.29, 1.82) is 0 Å². The zero-order valence-electron chi connectivity index (χ0n) is 8.19. The SMILES string of the molecule is CCCNCCOCCSC(F)(F)F. The molecule has 0 aliphatic heterocycles. The molecule has 2 nitrogen and oxygen atoms in total. The van der Waals surface area contributed by atoms with Gasteiger partial charge in [-0.15, -0.1) is 0 Å². The molecular formula is C8H16F3NOS. The highest BCUT2D eigenvalue weighted by Crippen LogP contribution is 2.29. The van der Waals surface area contributed by atoms with Crippen molar-refractivity contribution in [1.82, 2.24) is 5.32 Å². The summed E-state index contributed by atoms with van der Waals surface area (Å²) < 4.78 is 39.9. The minimum Gasteiger partial charge on any atom is -0.379 e. The summed E-state index contributed by atoms with van der Waals surface area (Å²) in [5, 5.41) is 3.09. The fourth-order valence-corrected chi connectivity index (χ4v) is 1.20. The largest absolute Gasteiger partial charge is 0.441 e. The van der Waals surface area contributed by atoms with Crippen LogP contribution in [0.2, 0.25) is 0 Å². The fraction of sp³-hybridized carbons (Fsp3) is 1.00. The summed E-state index contributed by atoms with van der Waals surface area (Å²) >= 11 is -0.0435. The summed E-state index contributed by atoms with van der Waals surface area (Å²) in [6.07, 6.45) is 1.05. The predicted octanol–water partition coefficient (Wildman–Crippen LogP) is 2.26. The standard InChI is InChI=1S/C8H16F3NOS/c1-2-3-12-4-5-13-6-7-14-8(9,10)11/h12H,2-7H2,1H3. The van der Waals surface area contributed by atoms with Crippen molar-refractivity contribution in [3.8, 4) is 0 Å². The van der Waals surface area contributed by atoms with Crippen LogP contribution in [0.1, 0.15) is 13.3 Å². The molecule has 0 aliphatic carbocycles. The van der Waals surface area contributed by atoms with Gasteiger partial charge in [-0.2, -0.15) is 13.2 Å². The first kappa shape index (κ1) is 14.1. The van der Waals surface area contributed by atoms with Gasteiger partial charge in [-0.3, -0.25) is 0 Å². The fourth-order valence-electron chi connectivity index (χ4n) is 0.764. The molecule has 1 N–H and O–H groups in total. The molecule has 0 bridgehead atoms. The van der Waals surface area contributed by atoms with Crippen LogP contribution in [0, 0.1) is 0 Å².